The third-order valence-electron chi connectivity index (χ3n) is 3.10. The third kappa shape index (κ3) is 4.08. The van der Waals surface area contributed by atoms with E-state index in [4.69, 9.17) is 0 Å². The van der Waals surface area contributed by atoms with Crippen molar-refractivity contribution in [3.63, 3.8) is 0 Å². The molecule has 1 atom stereocenters. The predicted octanol–water partition coefficient (Wildman–Crippen LogP) is 2.90. The minimum atomic E-state index is -0.396. The van der Waals surface area contributed by atoms with Gasteiger partial charge in [0.15, 0.2) is 0 Å². The lowest BCUT2D eigenvalue weighted by molar-refractivity contribution is -0.384. The summed E-state index contributed by atoms with van der Waals surface area (Å²) in [5.74, 6) is 1.69. The molecule has 6 heteroatoms. The fraction of sp³-hybridized carbons (Fsp3) is 0.615. The quantitative estimate of drug-likeness (QED) is 0.633. The van der Waals surface area contributed by atoms with Crippen molar-refractivity contribution in [2.24, 2.45) is 5.92 Å². The van der Waals surface area contributed by atoms with Crippen LogP contribution >= 0.6 is 0 Å². The lowest BCUT2D eigenvalue weighted by Gasteiger charge is -2.27. The first kappa shape index (κ1) is 15.2. The standard InChI is InChI=1S/C13H22N4O2/c1-9(2)6-10(3)16(5)13-8-11(17(18)19)7-12(14-4)15-13/h7-10H,6H2,1-5H3,(H,14,15). The highest BCUT2D eigenvalue weighted by Crippen LogP contribution is 2.24. The molecule has 0 aliphatic heterocycles. The summed E-state index contributed by atoms with van der Waals surface area (Å²) in [4.78, 5) is 16.9. The minimum absolute atomic E-state index is 0.0537. The summed E-state index contributed by atoms with van der Waals surface area (Å²) >= 11 is 0. The van der Waals surface area contributed by atoms with Crippen molar-refractivity contribution in [1.29, 1.82) is 0 Å². The van der Waals surface area contributed by atoms with Gasteiger partial charge in [-0.15, -0.1) is 0 Å². The first-order chi connectivity index (χ1) is 8.85. The maximum atomic E-state index is 10.9. The molecule has 6 nitrogen and oxygen atoms in total. The molecule has 19 heavy (non-hydrogen) atoms. The van der Waals surface area contributed by atoms with E-state index < -0.39 is 4.92 Å². The summed E-state index contributed by atoms with van der Waals surface area (Å²) in [6.07, 6.45) is 1.01. The Bertz CT molecular complexity index is 448. The minimum Gasteiger partial charge on any atom is -0.373 e. The molecule has 0 aromatic carbocycles. The second kappa shape index (κ2) is 6.36. The van der Waals surface area contributed by atoms with Crippen molar-refractivity contribution in [2.75, 3.05) is 24.3 Å². The number of rotatable bonds is 6. The Labute approximate surface area is 114 Å². The molecular formula is C13H22N4O2. The number of hydrogen-bond acceptors (Lipinski definition) is 5. The lowest BCUT2D eigenvalue weighted by atomic mass is 10.0. The molecule has 0 saturated carbocycles. The van der Waals surface area contributed by atoms with Crippen LogP contribution in [0.4, 0.5) is 17.3 Å². The SMILES string of the molecule is CNc1cc([N+](=O)[O-])cc(N(C)C(C)CC(C)C)n1. The van der Waals surface area contributed by atoms with Crippen LogP contribution in [0.2, 0.25) is 0 Å². The van der Waals surface area contributed by atoms with Crippen molar-refractivity contribution in [2.45, 2.75) is 33.2 Å². The highest BCUT2D eigenvalue weighted by Gasteiger charge is 2.17. The monoisotopic (exact) mass is 266 g/mol. The van der Waals surface area contributed by atoms with Gasteiger partial charge in [0.25, 0.3) is 5.69 Å². The maximum absolute atomic E-state index is 10.9. The molecule has 0 aliphatic rings. The highest BCUT2D eigenvalue weighted by atomic mass is 16.6. The molecule has 0 fully saturated rings. The van der Waals surface area contributed by atoms with E-state index in [-0.39, 0.29) is 11.7 Å². The van der Waals surface area contributed by atoms with E-state index in [0.717, 1.165) is 6.42 Å². The number of hydrogen-bond donors (Lipinski definition) is 1. The Hall–Kier alpha value is -1.85. The Kier molecular flexibility index (Phi) is 5.09. The van der Waals surface area contributed by atoms with E-state index in [1.165, 1.54) is 12.1 Å². The Morgan fingerprint density at radius 1 is 1.42 bits per heavy atom. The second-order valence-corrected chi connectivity index (χ2v) is 5.17. The molecule has 0 radical (unpaired) electrons. The molecule has 0 amide bonds. The van der Waals surface area contributed by atoms with Crippen LogP contribution in [0.3, 0.4) is 0 Å². The third-order valence-corrected chi connectivity index (χ3v) is 3.10. The summed E-state index contributed by atoms with van der Waals surface area (Å²) in [5.41, 5.74) is 0.0537. The number of nitro groups is 1. The Morgan fingerprint density at radius 2 is 2.05 bits per heavy atom. The number of nitrogens with one attached hydrogen (secondary N) is 1. The molecule has 1 heterocycles. The fourth-order valence-electron chi connectivity index (χ4n) is 1.98. The van der Waals surface area contributed by atoms with Crippen molar-refractivity contribution in [3.8, 4) is 0 Å². The maximum Gasteiger partial charge on any atom is 0.276 e. The first-order valence-corrected chi connectivity index (χ1v) is 6.42. The summed E-state index contributed by atoms with van der Waals surface area (Å²) in [7, 11) is 3.62. The van der Waals surface area contributed by atoms with Gasteiger partial charge in [-0.05, 0) is 19.3 Å². The van der Waals surface area contributed by atoms with Gasteiger partial charge in [0.2, 0.25) is 0 Å². The zero-order valence-corrected chi connectivity index (χ0v) is 12.2. The van der Waals surface area contributed by atoms with Gasteiger partial charge in [-0.25, -0.2) is 4.98 Å². The van der Waals surface area contributed by atoms with Crippen molar-refractivity contribution >= 4 is 17.3 Å². The van der Waals surface area contributed by atoms with Crippen LogP contribution in [0.15, 0.2) is 12.1 Å². The van der Waals surface area contributed by atoms with Crippen LogP contribution < -0.4 is 10.2 Å². The van der Waals surface area contributed by atoms with Crippen molar-refractivity contribution in [1.82, 2.24) is 4.98 Å². The predicted molar refractivity (Wildman–Crippen MR) is 77.8 cm³/mol. The van der Waals surface area contributed by atoms with Crippen LogP contribution in [-0.2, 0) is 0 Å². The summed E-state index contributed by atoms with van der Waals surface area (Å²) in [5, 5.41) is 13.8. The average molecular weight is 266 g/mol. The number of nitrogens with zero attached hydrogens (tertiary/aromatic N) is 3. The van der Waals surface area contributed by atoms with E-state index in [2.05, 4.69) is 31.1 Å². The molecule has 1 unspecified atom stereocenters. The smallest absolute Gasteiger partial charge is 0.276 e. The molecule has 106 valence electrons. The van der Waals surface area contributed by atoms with Crippen LogP contribution in [0.5, 0.6) is 0 Å². The van der Waals surface area contributed by atoms with Crippen molar-refractivity contribution < 1.29 is 4.92 Å². The first-order valence-electron chi connectivity index (χ1n) is 6.42. The van der Waals surface area contributed by atoms with Crippen LogP contribution in [0.25, 0.3) is 0 Å². The average Bonchev–Trinajstić information content (AvgIpc) is 2.36. The largest absolute Gasteiger partial charge is 0.373 e. The van der Waals surface area contributed by atoms with Gasteiger partial charge in [0, 0.05) is 20.1 Å². The Morgan fingerprint density at radius 3 is 2.53 bits per heavy atom. The molecule has 1 N–H and O–H groups in total. The molecule has 0 saturated heterocycles. The highest BCUT2D eigenvalue weighted by molar-refractivity contribution is 5.55. The molecule has 0 bridgehead atoms. The molecule has 0 spiro atoms. The lowest BCUT2D eigenvalue weighted by Crippen LogP contribution is -2.30. The normalized spacial score (nSPS) is 12.3. The molecule has 1 aromatic heterocycles. The van der Waals surface area contributed by atoms with E-state index in [1.807, 2.05) is 11.9 Å². The van der Waals surface area contributed by atoms with Crippen LogP contribution in [0, 0.1) is 16.0 Å². The zero-order valence-electron chi connectivity index (χ0n) is 12.2. The summed E-state index contributed by atoms with van der Waals surface area (Å²) < 4.78 is 0. The summed E-state index contributed by atoms with van der Waals surface area (Å²) in [6.45, 7) is 6.41. The Balaban J connectivity index is 3.04. The van der Waals surface area contributed by atoms with E-state index >= 15 is 0 Å². The van der Waals surface area contributed by atoms with Gasteiger partial charge in [0.05, 0.1) is 17.1 Å². The van der Waals surface area contributed by atoms with Crippen molar-refractivity contribution in [3.05, 3.63) is 22.2 Å². The molecule has 0 aliphatic carbocycles. The van der Waals surface area contributed by atoms with Gasteiger partial charge >= 0.3 is 0 Å². The van der Waals surface area contributed by atoms with Gasteiger partial charge in [-0.1, -0.05) is 13.8 Å². The van der Waals surface area contributed by atoms with E-state index in [1.54, 1.807) is 7.05 Å². The number of anilines is 2. The number of pyridine rings is 1. The van der Waals surface area contributed by atoms with Crippen LogP contribution in [-0.4, -0.2) is 30.0 Å². The molecular weight excluding hydrogens is 244 g/mol. The van der Waals surface area contributed by atoms with Gasteiger partial charge in [-0.3, -0.25) is 10.1 Å². The van der Waals surface area contributed by atoms with Gasteiger partial charge in [-0.2, -0.15) is 0 Å². The molecule has 1 rings (SSSR count). The molecule has 1 aromatic rings. The topological polar surface area (TPSA) is 71.3 Å². The van der Waals surface area contributed by atoms with E-state index in [0.29, 0.717) is 17.6 Å². The second-order valence-electron chi connectivity index (χ2n) is 5.17. The van der Waals surface area contributed by atoms with Gasteiger partial charge in [0.1, 0.15) is 11.6 Å². The number of aromatic nitrogens is 1. The fourth-order valence-corrected chi connectivity index (χ4v) is 1.98. The van der Waals surface area contributed by atoms with Crippen LogP contribution in [0.1, 0.15) is 27.2 Å². The summed E-state index contributed by atoms with van der Waals surface area (Å²) in [6, 6.07) is 3.22. The van der Waals surface area contributed by atoms with Gasteiger partial charge < -0.3 is 10.2 Å². The zero-order chi connectivity index (χ0) is 14.6. The van der Waals surface area contributed by atoms with E-state index in [9.17, 15) is 10.1 Å².